The van der Waals surface area contributed by atoms with Crippen LogP contribution in [0.2, 0.25) is 0 Å². The van der Waals surface area contributed by atoms with Gasteiger partial charge in [-0.05, 0) is 36.8 Å². The number of benzene rings is 1. The Balaban J connectivity index is 1.59. The number of anilines is 1. The number of aromatic nitrogens is 2. The van der Waals surface area contributed by atoms with Gasteiger partial charge in [-0.3, -0.25) is 9.48 Å². The monoisotopic (exact) mass is 316 g/mol. The fourth-order valence-corrected chi connectivity index (χ4v) is 2.81. The van der Waals surface area contributed by atoms with E-state index in [2.05, 4.69) is 16.9 Å². The molecule has 1 amide bonds. The third-order valence-electron chi connectivity index (χ3n) is 4.07. The minimum Gasteiger partial charge on any atom is -0.368 e. The van der Waals surface area contributed by atoms with E-state index in [0.29, 0.717) is 18.8 Å². The van der Waals surface area contributed by atoms with E-state index < -0.39 is 0 Å². The first-order valence-corrected chi connectivity index (χ1v) is 8.00. The third kappa shape index (κ3) is 3.52. The maximum absolute atomic E-state index is 13.0. The van der Waals surface area contributed by atoms with Gasteiger partial charge in [-0.1, -0.05) is 6.92 Å². The van der Waals surface area contributed by atoms with Gasteiger partial charge in [0, 0.05) is 44.6 Å². The first-order chi connectivity index (χ1) is 11.2. The molecular weight excluding hydrogens is 295 g/mol. The van der Waals surface area contributed by atoms with Gasteiger partial charge in [-0.15, -0.1) is 0 Å². The molecule has 0 spiro atoms. The number of aryl methyl sites for hydroxylation is 1. The number of halogens is 1. The molecule has 1 saturated heterocycles. The second kappa shape index (κ2) is 6.81. The topological polar surface area (TPSA) is 41.4 Å². The second-order valence-electron chi connectivity index (χ2n) is 5.72. The highest BCUT2D eigenvalue weighted by Crippen LogP contribution is 2.17. The predicted octanol–water partition coefficient (Wildman–Crippen LogP) is 2.39. The highest BCUT2D eigenvalue weighted by atomic mass is 19.1. The second-order valence-corrected chi connectivity index (χ2v) is 5.72. The van der Waals surface area contributed by atoms with E-state index in [1.165, 1.54) is 12.1 Å². The van der Waals surface area contributed by atoms with E-state index >= 15 is 0 Å². The Labute approximate surface area is 135 Å². The molecule has 2 heterocycles. The van der Waals surface area contributed by atoms with E-state index in [1.807, 2.05) is 15.8 Å². The van der Waals surface area contributed by atoms with Crippen LogP contribution in [-0.2, 0) is 6.54 Å². The Morgan fingerprint density at radius 1 is 1.13 bits per heavy atom. The summed E-state index contributed by atoms with van der Waals surface area (Å²) in [5, 5.41) is 4.33. The molecule has 122 valence electrons. The number of amides is 1. The highest BCUT2D eigenvalue weighted by Gasteiger charge is 2.23. The van der Waals surface area contributed by atoms with Gasteiger partial charge < -0.3 is 9.80 Å². The van der Waals surface area contributed by atoms with Gasteiger partial charge in [0.25, 0.3) is 5.91 Å². The number of hydrogen-bond acceptors (Lipinski definition) is 3. The minimum atomic E-state index is -0.231. The zero-order valence-corrected chi connectivity index (χ0v) is 13.3. The predicted molar refractivity (Wildman–Crippen MR) is 87.0 cm³/mol. The molecule has 0 aliphatic carbocycles. The van der Waals surface area contributed by atoms with E-state index in [1.54, 1.807) is 18.2 Å². The van der Waals surface area contributed by atoms with Crippen molar-refractivity contribution in [3.8, 4) is 0 Å². The van der Waals surface area contributed by atoms with Gasteiger partial charge in [0.15, 0.2) is 0 Å². The number of carbonyl (C=O) groups is 1. The minimum absolute atomic E-state index is 0.0152. The fourth-order valence-electron chi connectivity index (χ4n) is 2.81. The summed E-state index contributed by atoms with van der Waals surface area (Å²) in [5.74, 6) is -0.246. The van der Waals surface area contributed by atoms with Crippen molar-refractivity contribution in [3.63, 3.8) is 0 Å². The summed E-state index contributed by atoms with van der Waals surface area (Å²) < 4.78 is 14.8. The molecule has 6 heteroatoms. The molecule has 1 aliphatic heterocycles. The van der Waals surface area contributed by atoms with Gasteiger partial charge in [0.1, 0.15) is 11.5 Å². The molecule has 0 bridgehead atoms. The SMILES string of the molecule is CCCn1ccc(C(=O)N2CCN(c3ccc(F)cc3)CC2)n1. The fraction of sp³-hybridized carbons (Fsp3) is 0.412. The molecule has 0 saturated carbocycles. The summed E-state index contributed by atoms with van der Waals surface area (Å²) in [4.78, 5) is 16.5. The van der Waals surface area contributed by atoms with Crippen LogP contribution in [-0.4, -0.2) is 46.8 Å². The van der Waals surface area contributed by atoms with Crippen molar-refractivity contribution in [2.24, 2.45) is 0 Å². The number of hydrogen-bond donors (Lipinski definition) is 0. The molecular formula is C17H21FN4O. The zero-order chi connectivity index (χ0) is 16.2. The average molecular weight is 316 g/mol. The summed E-state index contributed by atoms with van der Waals surface area (Å²) in [5.41, 5.74) is 1.50. The normalized spacial score (nSPS) is 15.0. The van der Waals surface area contributed by atoms with E-state index in [-0.39, 0.29) is 11.7 Å². The van der Waals surface area contributed by atoms with Crippen LogP contribution in [0, 0.1) is 5.82 Å². The Morgan fingerprint density at radius 2 is 1.83 bits per heavy atom. The van der Waals surface area contributed by atoms with Crippen LogP contribution in [0.4, 0.5) is 10.1 Å². The quantitative estimate of drug-likeness (QED) is 0.870. The summed E-state index contributed by atoms with van der Waals surface area (Å²) in [6, 6.07) is 8.27. The molecule has 23 heavy (non-hydrogen) atoms. The van der Waals surface area contributed by atoms with Crippen molar-refractivity contribution in [3.05, 3.63) is 48.0 Å². The van der Waals surface area contributed by atoms with E-state index in [0.717, 1.165) is 31.7 Å². The summed E-state index contributed by atoms with van der Waals surface area (Å²) in [6.07, 6.45) is 2.84. The number of piperazine rings is 1. The number of carbonyl (C=O) groups excluding carboxylic acids is 1. The lowest BCUT2D eigenvalue weighted by Crippen LogP contribution is -2.48. The maximum Gasteiger partial charge on any atom is 0.274 e. The lowest BCUT2D eigenvalue weighted by Gasteiger charge is -2.35. The number of rotatable bonds is 4. The van der Waals surface area contributed by atoms with Crippen molar-refractivity contribution in [1.29, 1.82) is 0 Å². The number of nitrogens with zero attached hydrogens (tertiary/aromatic N) is 4. The molecule has 0 N–H and O–H groups in total. The van der Waals surface area contributed by atoms with Gasteiger partial charge in [0.05, 0.1) is 0 Å². The maximum atomic E-state index is 13.0. The standard InChI is InChI=1S/C17H21FN4O/c1-2-8-22-9-7-16(19-22)17(23)21-12-10-20(11-13-21)15-5-3-14(18)4-6-15/h3-7,9H,2,8,10-13H2,1H3. The molecule has 5 nitrogen and oxygen atoms in total. The largest absolute Gasteiger partial charge is 0.368 e. The lowest BCUT2D eigenvalue weighted by molar-refractivity contribution is 0.0740. The first-order valence-electron chi connectivity index (χ1n) is 8.00. The Kier molecular flexibility index (Phi) is 4.60. The average Bonchev–Trinajstić information content (AvgIpc) is 3.04. The van der Waals surface area contributed by atoms with Gasteiger partial charge in [-0.2, -0.15) is 5.10 Å². The first kappa shape index (κ1) is 15.5. The summed E-state index contributed by atoms with van der Waals surface area (Å²) in [7, 11) is 0. The Morgan fingerprint density at radius 3 is 2.48 bits per heavy atom. The van der Waals surface area contributed by atoms with Crippen LogP contribution in [0.15, 0.2) is 36.5 Å². The Hall–Kier alpha value is -2.37. The van der Waals surface area contributed by atoms with Gasteiger partial charge in [-0.25, -0.2) is 4.39 Å². The molecule has 0 radical (unpaired) electrons. The van der Waals surface area contributed by atoms with Crippen LogP contribution in [0.5, 0.6) is 0 Å². The zero-order valence-electron chi connectivity index (χ0n) is 13.3. The molecule has 1 fully saturated rings. The van der Waals surface area contributed by atoms with Gasteiger partial charge >= 0.3 is 0 Å². The van der Waals surface area contributed by atoms with E-state index in [9.17, 15) is 9.18 Å². The van der Waals surface area contributed by atoms with E-state index in [4.69, 9.17) is 0 Å². The van der Waals surface area contributed by atoms with Crippen LogP contribution in [0.25, 0.3) is 0 Å². The highest BCUT2D eigenvalue weighted by molar-refractivity contribution is 5.92. The molecule has 1 aromatic carbocycles. The van der Waals surface area contributed by atoms with Crippen LogP contribution < -0.4 is 4.90 Å². The molecule has 1 aromatic heterocycles. The molecule has 2 aromatic rings. The molecule has 0 unspecified atom stereocenters. The summed E-state index contributed by atoms with van der Waals surface area (Å²) >= 11 is 0. The summed E-state index contributed by atoms with van der Waals surface area (Å²) in [6.45, 7) is 5.69. The van der Waals surface area contributed by atoms with Crippen molar-refractivity contribution in [2.75, 3.05) is 31.1 Å². The molecule has 3 rings (SSSR count). The molecule has 1 aliphatic rings. The van der Waals surface area contributed by atoms with Crippen molar-refractivity contribution in [1.82, 2.24) is 14.7 Å². The van der Waals surface area contributed by atoms with Crippen LogP contribution in [0.1, 0.15) is 23.8 Å². The van der Waals surface area contributed by atoms with Crippen LogP contribution >= 0.6 is 0 Å². The van der Waals surface area contributed by atoms with Gasteiger partial charge in [0.2, 0.25) is 0 Å². The van der Waals surface area contributed by atoms with Crippen molar-refractivity contribution < 1.29 is 9.18 Å². The third-order valence-corrected chi connectivity index (χ3v) is 4.07. The smallest absolute Gasteiger partial charge is 0.274 e. The lowest BCUT2D eigenvalue weighted by atomic mass is 10.2. The van der Waals surface area contributed by atoms with Crippen molar-refractivity contribution >= 4 is 11.6 Å². The molecule has 0 atom stereocenters. The van der Waals surface area contributed by atoms with Crippen LogP contribution in [0.3, 0.4) is 0 Å². The Bertz CT molecular complexity index is 659. The van der Waals surface area contributed by atoms with Crippen molar-refractivity contribution in [2.45, 2.75) is 19.9 Å².